The predicted molar refractivity (Wildman–Crippen MR) is 72.8 cm³/mol. The number of hydrogen-bond acceptors (Lipinski definition) is 3. The van der Waals surface area contributed by atoms with Crippen LogP contribution in [0.1, 0.15) is 30.6 Å². The Morgan fingerprint density at radius 2 is 2.19 bits per heavy atom. The van der Waals surface area contributed by atoms with Gasteiger partial charge in [0.25, 0.3) is 0 Å². The first-order chi connectivity index (χ1) is 9.88. The van der Waals surface area contributed by atoms with Crippen molar-refractivity contribution in [3.8, 4) is 0 Å². The smallest absolute Gasteiger partial charge is 0.387 e. The number of aliphatic hydroxyl groups excluding tert-OH is 1. The van der Waals surface area contributed by atoms with E-state index >= 15 is 0 Å². The van der Waals surface area contributed by atoms with E-state index in [1.807, 2.05) is 6.92 Å². The van der Waals surface area contributed by atoms with Crippen molar-refractivity contribution in [3.05, 3.63) is 35.4 Å². The number of hydrogen-bond donors (Lipinski definition) is 2. The minimum absolute atomic E-state index is 0.184. The Morgan fingerprint density at radius 1 is 1.43 bits per heavy atom. The van der Waals surface area contributed by atoms with Gasteiger partial charge in [-0.15, -0.1) is 0 Å². The Balaban J connectivity index is 1.87. The summed E-state index contributed by atoms with van der Waals surface area (Å²) in [5.74, 6) is 0.388. The lowest BCUT2D eigenvalue weighted by atomic mass is 10.0. The van der Waals surface area contributed by atoms with Gasteiger partial charge >= 0.3 is 6.18 Å². The molecule has 0 aromatic heterocycles. The average Bonchev–Trinajstić information content (AvgIpc) is 2.83. The van der Waals surface area contributed by atoms with E-state index in [1.165, 1.54) is 12.1 Å². The first-order valence-corrected chi connectivity index (χ1v) is 7.05. The fourth-order valence-corrected chi connectivity index (χ4v) is 2.49. The fraction of sp³-hybridized carbons (Fsp3) is 0.600. The lowest BCUT2D eigenvalue weighted by Crippen LogP contribution is -2.30. The molecular weight excluding hydrogens is 283 g/mol. The Kier molecular flexibility index (Phi) is 5.24. The first kappa shape index (κ1) is 16.3. The molecule has 2 rings (SSSR count). The number of benzene rings is 1. The highest BCUT2D eigenvalue weighted by atomic mass is 19.4. The second kappa shape index (κ2) is 6.77. The monoisotopic (exact) mass is 303 g/mol. The van der Waals surface area contributed by atoms with E-state index < -0.39 is 17.8 Å². The maximum absolute atomic E-state index is 12.6. The third kappa shape index (κ3) is 4.43. The SMILES string of the molecule is CC1OCCC1CNCC(O)c1cccc(C(F)(F)F)c1. The molecule has 1 aliphatic heterocycles. The molecule has 6 heteroatoms. The number of nitrogens with one attached hydrogen (secondary N) is 1. The standard InChI is InChI=1S/C15H20F3NO2/c1-10-12(5-6-21-10)8-19-9-14(20)11-3-2-4-13(7-11)15(16,17)18/h2-4,7,10,12,14,19-20H,5-6,8-9H2,1H3. The van der Waals surface area contributed by atoms with E-state index in [9.17, 15) is 18.3 Å². The zero-order valence-corrected chi connectivity index (χ0v) is 11.9. The van der Waals surface area contributed by atoms with Gasteiger partial charge in [-0.25, -0.2) is 0 Å². The van der Waals surface area contributed by atoms with Gasteiger partial charge in [-0.2, -0.15) is 13.2 Å². The molecule has 1 fully saturated rings. The van der Waals surface area contributed by atoms with Gasteiger partial charge in [0.1, 0.15) is 0 Å². The largest absolute Gasteiger partial charge is 0.416 e. The molecule has 1 aromatic rings. The van der Waals surface area contributed by atoms with Crippen LogP contribution < -0.4 is 5.32 Å². The maximum atomic E-state index is 12.6. The van der Waals surface area contributed by atoms with Gasteiger partial charge < -0.3 is 15.2 Å². The lowest BCUT2D eigenvalue weighted by Gasteiger charge is -2.18. The molecule has 2 N–H and O–H groups in total. The lowest BCUT2D eigenvalue weighted by molar-refractivity contribution is -0.137. The molecule has 21 heavy (non-hydrogen) atoms. The van der Waals surface area contributed by atoms with Crippen LogP contribution in [0.15, 0.2) is 24.3 Å². The Morgan fingerprint density at radius 3 is 2.81 bits per heavy atom. The van der Waals surface area contributed by atoms with Gasteiger partial charge in [0.05, 0.1) is 17.8 Å². The van der Waals surface area contributed by atoms with Crippen molar-refractivity contribution in [1.29, 1.82) is 0 Å². The van der Waals surface area contributed by atoms with E-state index in [4.69, 9.17) is 4.74 Å². The minimum Gasteiger partial charge on any atom is -0.387 e. The van der Waals surface area contributed by atoms with Crippen molar-refractivity contribution in [1.82, 2.24) is 5.32 Å². The van der Waals surface area contributed by atoms with Gasteiger partial charge in [0, 0.05) is 19.7 Å². The van der Waals surface area contributed by atoms with Gasteiger partial charge in [-0.3, -0.25) is 0 Å². The Hall–Kier alpha value is -1.11. The van der Waals surface area contributed by atoms with Crippen molar-refractivity contribution < 1.29 is 23.0 Å². The van der Waals surface area contributed by atoms with Crippen LogP contribution in [0.3, 0.4) is 0 Å². The van der Waals surface area contributed by atoms with Crippen molar-refractivity contribution in [3.63, 3.8) is 0 Å². The minimum atomic E-state index is -4.39. The molecule has 3 atom stereocenters. The molecule has 0 aliphatic carbocycles. The van der Waals surface area contributed by atoms with Crippen LogP contribution in [0.2, 0.25) is 0 Å². The van der Waals surface area contributed by atoms with Gasteiger partial charge in [0.2, 0.25) is 0 Å². The van der Waals surface area contributed by atoms with Crippen LogP contribution in [-0.4, -0.2) is 30.9 Å². The number of alkyl halides is 3. The molecule has 0 spiro atoms. The van der Waals surface area contributed by atoms with Crippen molar-refractivity contribution in [2.45, 2.75) is 31.7 Å². The molecule has 1 aliphatic rings. The second-order valence-electron chi connectivity index (χ2n) is 5.42. The second-order valence-corrected chi connectivity index (χ2v) is 5.42. The number of aliphatic hydroxyl groups is 1. The summed E-state index contributed by atoms with van der Waals surface area (Å²) >= 11 is 0. The quantitative estimate of drug-likeness (QED) is 0.879. The molecule has 0 amide bonds. The molecule has 0 saturated carbocycles. The molecule has 118 valence electrons. The predicted octanol–water partition coefficient (Wildman–Crippen LogP) is 2.75. The number of halogens is 3. The highest BCUT2D eigenvalue weighted by Gasteiger charge is 2.31. The molecule has 3 nitrogen and oxygen atoms in total. The maximum Gasteiger partial charge on any atom is 0.416 e. The summed E-state index contributed by atoms with van der Waals surface area (Å²) in [6.07, 6.45) is -4.19. The average molecular weight is 303 g/mol. The Bertz CT molecular complexity index is 464. The molecule has 1 heterocycles. The summed E-state index contributed by atoms with van der Waals surface area (Å²) in [6, 6.07) is 4.81. The topological polar surface area (TPSA) is 41.5 Å². The van der Waals surface area contributed by atoms with Gasteiger partial charge in [-0.1, -0.05) is 12.1 Å². The van der Waals surface area contributed by atoms with E-state index in [-0.39, 0.29) is 18.2 Å². The van der Waals surface area contributed by atoms with Crippen molar-refractivity contribution in [2.24, 2.45) is 5.92 Å². The summed E-state index contributed by atoms with van der Waals surface area (Å²) in [7, 11) is 0. The highest BCUT2D eigenvalue weighted by molar-refractivity contribution is 5.27. The summed E-state index contributed by atoms with van der Waals surface area (Å²) in [4.78, 5) is 0. The summed E-state index contributed by atoms with van der Waals surface area (Å²) < 4.78 is 43.3. The molecule has 0 radical (unpaired) electrons. The van der Waals surface area contributed by atoms with E-state index in [1.54, 1.807) is 0 Å². The first-order valence-electron chi connectivity index (χ1n) is 7.05. The number of rotatable bonds is 5. The zero-order valence-electron chi connectivity index (χ0n) is 11.9. The van der Waals surface area contributed by atoms with E-state index in [0.717, 1.165) is 25.2 Å². The third-order valence-electron chi connectivity index (χ3n) is 3.88. The van der Waals surface area contributed by atoms with Gasteiger partial charge in [-0.05, 0) is 37.0 Å². The molecule has 1 aromatic carbocycles. The summed E-state index contributed by atoms with van der Waals surface area (Å²) in [5.41, 5.74) is -0.468. The van der Waals surface area contributed by atoms with Crippen LogP contribution in [0.25, 0.3) is 0 Å². The normalized spacial score (nSPS) is 24.2. The Labute approximate surface area is 122 Å². The molecular formula is C15H20F3NO2. The molecule has 0 bridgehead atoms. The molecule has 1 saturated heterocycles. The summed E-state index contributed by atoms with van der Waals surface area (Å²) in [6.45, 7) is 3.66. The fourth-order valence-electron chi connectivity index (χ4n) is 2.49. The molecule has 3 unspecified atom stereocenters. The van der Waals surface area contributed by atoms with Crippen molar-refractivity contribution >= 4 is 0 Å². The highest BCUT2D eigenvalue weighted by Crippen LogP contribution is 2.30. The van der Waals surface area contributed by atoms with E-state index in [0.29, 0.717) is 12.5 Å². The van der Waals surface area contributed by atoms with Crippen LogP contribution in [0.5, 0.6) is 0 Å². The van der Waals surface area contributed by atoms with Crippen molar-refractivity contribution in [2.75, 3.05) is 19.7 Å². The van der Waals surface area contributed by atoms with Gasteiger partial charge in [0.15, 0.2) is 0 Å². The van der Waals surface area contributed by atoms with E-state index in [2.05, 4.69) is 5.32 Å². The third-order valence-corrected chi connectivity index (χ3v) is 3.88. The zero-order chi connectivity index (χ0) is 15.5. The number of ether oxygens (including phenoxy) is 1. The van der Waals surface area contributed by atoms with Crippen LogP contribution >= 0.6 is 0 Å². The van der Waals surface area contributed by atoms with Crippen LogP contribution in [0, 0.1) is 5.92 Å². The van der Waals surface area contributed by atoms with Crippen LogP contribution in [0.4, 0.5) is 13.2 Å². The van der Waals surface area contributed by atoms with Crippen LogP contribution in [-0.2, 0) is 10.9 Å². The summed E-state index contributed by atoms with van der Waals surface area (Å²) in [5, 5.41) is 13.1.